The molecule has 1 aliphatic heterocycles. The number of carbonyl (C=O) groups is 1. The molecule has 1 spiro atoms. The SMILES string of the molecule is CC(C)(C)OC(=O)N1CC2(CC(Cc3ccc(S(=O)(=O)C(F)(F)F)cn3)C2)C1. The summed E-state index contributed by atoms with van der Waals surface area (Å²) in [5.41, 5.74) is -5.20. The molecule has 3 rings (SSSR count). The van der Waals surface area contributed by atoms with Crippen molar-refractivity contribution in [1.82, 2.24) is 9.88 Å². The summed E-state index contributed by atoms with van der Waals surface area (Å²) in [7, 11) is -5.37. The molecule has 0 atom stereocenters. The number of hydrogen-bond donors (Lipinski definition) is 0. The fourth-order valence-corrected chi connectivity index (χ4v) is 4.61. The van der Waals surface area contributed by atoms with Crippen LogP contribution in [-0.4, -0.2) is 48.6 Å². The van der Waals surface area contributed by atoms with E-state index >= 15 is 0 Å². The van der Waals surface area contributed by atoms with E-state index in [1.807, 2.05) is 20.8 Å². The second-order valence-corrected chi connectivity index (χ2v) is 10.7. The molecule has 156 valence electrons. The molecule has 0 N–H and O–H groups in total. The molecule has 0 radical (unpaired) electrons. The summed E-state index contributed by atoms with van der Waals surface area (Å²) in [4.78, 5) is 16.7. The first kappa shape index (κ1) is 20.9. The second kappa shape index (κ2) is 6.60. The maximum absolute atomic E-state index is 12.6. The normalized spacial score (nSPS) is 19.9. The van der Waals surface area contributed by atoms with Crippen LogP contribution in [-0.2, 0) is 21.0 Å². The minimum Gasteiger partial charge on any atom is -0.444 e. The minimum atomic E-state index is -5.37. The van der Waals surface area contributed by atoms with E-state index < -0.39 is 25.8 Å². The van der Waals surface area contributed by atoms with Crippen molar-refractivity contribution in [2.45, 2.75) is 56.0 Å². The van der Waals surface area contributed by atoms with Crippen molar-refractivity contribution < 1.29 is 31.1 Å². The van der Waals surface area contributed by atoms with Crippen LogP contribution in [0.3, 0.4) is 0 Å². The Morgan fingerprint density at radius 1 is 1.25 bits per heavy atom. The molecule has 2 fully saturated rings. The number of halogens is 3. The third kappa shape index (κ3) is 4.11. The summed E-state index contributed by atoms with van der Waals surface area (Å²) < 4.78 is 65.7. The van der Waals surface area contributed by atoms with Crippen molar-refractivity contribution in [2.24, 2.45) is 11.3 Å². The van der Waals surface area contributed by atoms with Gasteiger partial charge in [0.25, 0.3) is 9.84 Å². The van der Waals surface area contributed by atoms with Gasteiger partial charge in [0.2, 0.25) is 0 Å². The number of alkyl halides is 3. The van der Waals surface area contributed by atoms with Gasteiger partial charge in [-0.2, -0.15) is 13.2 Å². The molecule has 1 aliphatic carbocycles. The highest BCUT2D eigenvalue weighted by Crippen LogP contribution is 2.53. The van der Waals surface area contributed by atoms with Crippen LogP contribution in [0.5, 0.6) is 0 Å². The highest BCUT2D eigenvalue weighted by molar-refractivity contribution is 7.92. The van der Waals surface area contributed by atoms with E-state index in [1.165, 1.54) is 6.07 Å². The lowest BCUT2D eigenvalue weighted by Gasteiger charge is -2.58. The van der Waals surface area contributed by atoms with E-state index in [9.17, 15) is 26.4 Å². The Morgan fingerprint density at radius 2 is 1.86 bits per heavy atom. The van der Waals surface area contributed by atoms with E-state index in [2.05, 4.69) is 4.98 Å². The smallest absolute Gasteiger partial charge is 0.444 e. The molecule has 0 bridgehead atoms. The highest BCUT2D eigenvalue weighted by atomic mass is 32.2. The van der Waals surface area contributed by atoms with Crippen molar-refractivity contribution in [3.8, 4) is 0 Å². The van der Waals surface area contributed by atoms with Crippen molar-refractivity contribution in [3.63, 3.8) is 0 Å². The number of pyridine rings is 1. The molecule has 1 aromatic rings. The van der Waals surface area contributed by atoms with Crippen LogP contribution in [0.2, 0.25) is 0 Å². The Kier molecular flexibility index (Phi) is 4.92. The van der Waals surface area contributed by atoms with Gasteiger partial charge in [-0.05, 0) is 58.1 Å². The third-order valence-electron chi connectivity index (χ3n) is 5.06. The average molecular weight is 420 g/mol. The molecule has 28 heavy (non-hydrogen) atoms. The summed E-state index contributed by atoms with van der Waals surface area (Å²) in [6, 6.07) is 2.28. The summed E-state index contributed by atoms with van der Waals surface area (Å²) in [5, 5.41) is 0. The quantitative estimate of drug-likeness (QED) is 0.747. The molecule has 0 aromatic carbocycles. The van der Waals surface area contributed by atoms with Gasteiger partial charge >= 0.3 is 11.6 Å². The molecule has 6 nitrogen and oxygen atoms in total. The summed E-state index contributed by atoms with van der Waals surface area (Å²) in [6.45, 7) is 6.75. The number of aromatic nitrogens is 1. The van der Waals surface area contributed by atoms with Gasteiger partial charge in [-0.3, -0.25) is 4.98 Å². The standard InChI is InChI=1S/C18H23F3N2O4S/c1-16(2,3)27-15(24)23-10-17(11-23)7-12(8-17)6-13-4-5-14(9-22-13)28(25,26)18(19,20)21/h4-5,9,12H,6-8,10-11H2,1-3H3. The van der Waals surface area contributed by atoms with Crippen molar-refractivity contribution in [2.75, 3.05) is 13.1 Å². The number of carbonyl (C=O) groups excluding carboxylic acids is 1. The Morgan fingerprint density at radius 3 is 2.32 bits per heavy atom. The van der Waals surface area contributed by atoms with Gasteiger partial charge in [0.05, 0.1) is 4.90 Å². The van der Waals surface area contributed by atoms with E-state index in [1.54, 1.807) is 4.90 Å². The Labute approximate surface area is 162 Å². The topological polar surface area (TPSA) is 76.6 Å². The first-order valence-electron chi connectivity index (χ1n) is 8.95. The molecule has 1 saturated heterocycles. The van der Waals surface area contributed by atoms with Crippen LogP contribution < -0.4 is 0 Å². The third-order valence-corrected chi connectivity index (χ3v) is 6.53. The molecule has 10 heteroatoms. The van der Waals surface area contributed by atoms with Gasteiger partial charge in [0.1, 0.15) is 5.60 Å². The second-order valence-electron chi connectivity index (χ2n) is 8.75. The molecule has 1 saturated carbocycles. The van der Waals surface area contributed by atoms with Crippen molar-refractivity contribution >= 4 is 15.9 Å². The highest BCUT2D eigenvalue weighted by Gasteiger charge is 2.54. The fourth-order valence-electron chi connectivity index (χ4n) is 3.91. The molecular weight excluding hydrogens is 397 g/mol. The molecular formula is C18H23F3N2O4S. The molecule has 1 aromatic heterocycles. The predicted molar refractivity (Wildman–Crippen MR) is 94.1 cm³/mol. The number of sulfone groups is 1. The van der Waals surface area contributed by atoms with Gasteiger partial charge in [-0.25, -0.2) is 13.2 Å². The van der Waals surface area contributed by atoms with Crippen LogP contribution in [0.1, 0.15) is 39.3 Å². The lowest BCUT2D eigenvalue weighted by molar-refractivity contribution is -0.0949. The zero-order valence-electron chi connectivity index (χ0n) is 15.9. The number of rotatable bonds is 3. The van der Waals surface area contributed by atoms with Gasteiger partial charge in [-0.15, -0.1) is 0 Å². The fraction of sp³-hybridized carbons (Fsp3) is 0.667. The molecule has 1 amide bonds. The van der Waals surface area contributed by atoms with Crippen LogP contribution in [0.25, 0.3) is 0 Å². The van der Waals surface area contributed by atoms with E-state index in [0.29, 0.717) is 31.1 Å². The first-order valence-corrected chi connectivity index (χ1v) is 10.4. The molecule has 0 unspecified atom stereocenters. The number of hydrogen-bond acceptors (Lipinski definition) is 5. The van der Waals surface area contributed by atoms with Crippen LogP contribution in [0.4, 0.5) is 18.0 Å². The van der Waals surface area contributed by atoms with Gasteiger partial charge in [0.15, 0.2) is 0 Å². The number of amides is 1. The van der Waals surface area contributed by atoms with Crippen LogP contribution in [0.15, 0.2) is 23.2 Å². The Bertz CT molecular complexity index is 846. The van der Waals surface area contributed by atoms with Crippen molar-refractivity contribution in [3.05, 3.63) is 24.0 Å². The zero-order chi connectivity index (χ0) is 21.0. The van der Waals surface area contributed by atoms with Crippen LogP contribution >= 0.6 is 0 Å². The van der Waals surface area contributed by atoms with E-state index in [4.69, 9.17) is 4.74 Å². The average Bonchev–Trinajstić information content (AvgIpc) is 2.45. The maximum atomic E-state index is 12.6. The summed E-state index contributed by atoms with van der Waals surface area (Å²) in [6.07, 6.45) is 2.82. The Balaban J connectivity index is 1.49. The maximum Gasteiger partial charge on any atom is 0.501 e. The van der Waals surface area contributed by atoms with Gasteiger partial charge in [-0.1, -0.05) is 0 Å². The Hall–Kier alpha value is -1.84. The molecule has 2 aliphatic rings. The largest absolute Gasteiger partial charge is 0.501 e. The van der Waals surface area contributed by atoms with Gasteiger partial charge < -0.3 is 9.64 Å². The molecule has 2 heterocycles. The predicted octanol–water partition coefficient (Wildman–Crippen LogP) is 3.56. The first-order chi connectivity index (χ1) is 12.7. The van der Waals surface area contributed by atoms with E-state index in [-0.39, 0.29) is 11.5 Å². The van der Waals surface area contributed by atoms with Gasteiger partial charge in [0, 0.05) is 30.4 Å². The zero-order valence-corrected chi connectivity index (χ0v) is 16.7. The van der Waals surface area contributed by atoms with Crippen LogP contribution in [0, 0.1) is 11.3 Å². The lowest BCUT2D eigenvalue weighted by atomic mass is 9.57. The summed E-state index contributed by atoms with van der Waals surface area (Å²) in [5.74, 6) is 0.318. The monoisotopic (exact) mass is 420 g/mol. The minimum absolute atomic E-state index is 0.0983. The van der Waals surface area contributed by atoms with E-state index in [0.717, 1.165) is 25.1 Å². The lowest BCUT2D eigenvalue weighted by Crippen LogP contribution is -2.64. The summed E-state index contributed by atoms with van der Waals surface area (Å²) >= 11 is 0. The number of nitrogens with zero attached hydrogens (tertiary/aromatic N) is 2. The van der Waals surface area contributed by atoms with Crippen molar-refractivity contribution in [1.29, 1.82) is 0 Å². The number of ether oxygens (including phenoxy) is 1. The number of likely N-dealkylation sites (tertiary alicyclic amines) is 1.